The zero-order valence-corrected chi connectivity index (χ0v) is 17.5. The molecule has 1 aromatic carbocycles. The average Bonchev–Trinajstić information content (AvgIpc) is 3.31. The predicted octanol–water partition coefficient (Wildman–Crippen LogP) is 1.78. The van der Waals surface area contributed by atoms with Crippen molar-refractivity contribution in [2.45, 2.75) is 39.2 Å². The number of carbonyl (C=O) groups is 2. The molecule has 0 atom stereocenters. The van der Waals surface area contributed by atoms with E-state index in [1.807, 2.05) is 18.7 Å². The van der Waals surface area contributed by atoms with Crippen molar-refractivity contribution in [3.63, 3.8) is 0 Å². The van der Waals surface area contributed by atoms with Gasteiger partial charge < -0.3 is 10.2 Å². The van der Waals surface area contributed by atoms with Crippen molar-refractivity contribution >= 4 is 11.8 Å². The quantitative estimate of drug-likeness (QED) is 0.811. The Bertz CT molecular complexity index is 930. The van der Waals surface area contributed by atoms with Gasteiger partial charge in [0.05, 0.1) is 12.2 Å². The minimum absolute atomic E-state index is 0.0145. The van der Waals surface area contributed by atoms with E-state index in [0.717, 1.165) is 36.2 Å². The van der Waals surface area contributed by atoms with Gasteiger partial charge in [-0.25, -0.2) is 9.07 Å². The van der Waals surface area contributed by atoms with Gasteiger partial charge >= 0.3 is 0 Å². The Morgan fingerprint density at radius 1 is 1.10 bits per heavy atom. The van der Waals surface area contributed by atoms with Gasteiger partial charge in [-0.1, -0.05) is 0 Å². The third-order valence-electron chi connectivity index (χ3n) is 5.68. The van der Waals surface area contributed by atoms with Gasteiger partial charge in [-0.05, 0) is 57.4 Å². The fraction of sp³-hybridized carbons (Fsp3) is 0.500. The van der Waals surface area contributed by atoms with Crippen LogP contribution < -0.4 is 5.32 Å². The Morgan fingerprint density at radius 2 is 1.80 bits per heavy atom. The number of nitrogens with zero attached hydrogens (tertiary/aromatic N) is 4. The first-order valence-corrected chi connectivity index (χ1v) is 10.6. The first kappa shape index (κ1) is 20.5. The lowest BCUT2D eigenvalue weighted by Gasteiger charge is -2.34. The molecule has 30 heavy (non-hydrogen) atoms. The fourth-order valence-corrected chi connectivity index (χ4v) is 4.23. The highest BCUT2D eigenvalue weighted by Gasteiger charge is 2.31. The van der Waals surface area contributed by atoms with E-state index in [2.05, 4.69) is 15.3 Å². The van der Waals surface area contributed by atoms with Gasteiger partial charge in [0.2, 0.25) is 5.91 Å². The smallest absolute Gasteiger partial charge is 0.274 e. The molecule has 0 saturated carbocycles. The van der Waals surface area contributed by atoms with Crippen molar-refractivity contribution < 1.29 is 14.0 Å². The molecule has 160 valence electrons. The number of halogens is 1. The van der Waals surface area contributed by atoms with E-state index in [1.165, 1.54) is 12.1 Å². The lowest BCUT2D eigenvalue weighted by Crippen LogP contribution is -2.51. The standard InChI is InChI=1S/C22H28FN5O2/c1-15(2)24-20(29)14-26-10-12-27(13-11-26)22(30)21-18-4-3-5-19(18)28(25-21)17-8-6-16(23)7-9-17/h6-9,15H,3-5,10-14H2,1-2H3,(H,24,29). The Balaban J connectivity index is 1.45. The van der Waals surface area contributed by atoms with E-state index in [0.29, 0.717) is 38.4 Å². The maximum absolute atomic E-state index is 13.3. The molecule has 2 aromatic rings. The van der Waals surface area contributed by atoms with Crippen LogP contribution in [0, 0.1) is 5.82 Å². The van der Waals surface area contributed by atoms with Crippen LogP contribution in [-0.2, 0) is 17.6 Å². The summed E-state index contributed by atoms with van der Waals surface area (Å²) in [6, 6.07) is 6.33. The van der Waals surface area contributed by atoms with Crippen LogP contribution in [0.15, 0.2) is 24.3 Å². The summed E-state index contributed by atoms with van der Waals surface area (Å²) in [6.07, 6.45) is 2.70. The summed E-state index contributed by atoms with van der Waals surface area (Å²) in [7, 11) is 0. The fourth-order valence-electron chi connectivity index (χ4n) is 4.23. The van der Waals surface area contributed by atoms with Gasteiger partial charge in [0.15, 0.2) is 5.69 Å². The number of fused-ring (bicyclic) bond motifs is 1. The van der Waals surface area contributed by atoms with E-state index in [1.54, 1.807) is 16.8 Å². The number of amides is 2. The third kappa shape index (κ3) is 4.23. The van der Waals surface area contributed by atoms with Crippen molar-refractivity contribution in [2.75, 3.05) is 32.7 Å². The molecule has 7 nitrogen and oxygen atoms in total. The normalized spacial score (nSPS) is 16.7. The lowest BCUT2D eigenvalue weighted by atomic mass is 10.1. The Morgan fingerprint density at radius 3 is 2.47 bits per heavy atom. The summed E-state index contributed by atoms with van der Waals surface area (Å²) in [4.78, 5) is 29.1. The number of hydrogen-bond donors (Lipinski definition) is 1. The van der Waals surface area contributed by atoms with E-state index < -0.39 is 0 Å². The van der Waals surface area contributed by atoms with Crippen LogP contribution in [0.4, 0.5) is 4.39 Å². The number of aromatic nitrogens is 2. The van der Waals surface area contributed by atoms with Crippen molar-refractivity contribution in [1.29, 1.82) is 0 Å². The monoisotopic (exact) mass is 413 g/mol. The SMILES string of the molecule is CC(C)NC(=O)CN1CCN(C(=O)c2nn(-c3ccc(F)cc3)c3c2CCC3)CC1. The Hall–Kier alpha value is -2.74. The summed E-state index contributed by atoms with van der Waals surface area (Å²) >= 11 is 0. The van der Waals surface area contributed by atoms with Gasteiger partial charge in [-0.2, -0.15) is 5.10 Å². The number of hydrogen-bond acceptors (Lipinski definition) is 4. The predicted molar refractivity (Wildman–Crippen MR) is 111 cm³/mol. The minimum atomic E-state index is -0.293. The molecule has 1 N–H and O–H groups in total. The van der Waals surface area contributed by atoms with Crippen LogP contribution in [0.1, 0.15) is 42.0 Å². The first-order valence-electron chi connectivity index (χ1n) is 10.6. The molecule has 2 heterocycles. The first-order chi connectivity index (χ1) is 14.4. The zero-order valence-electron chi connectivity index (χ0n) is 17.5. The highest BCUT2D eigenvalue weighted by Crippen LogP contribution is 2.29. The van der Waals surface area contributed by atoms with Crippen LogP contribution >= 0.6 is 0 Å². The number of benzene rings is 1. The highest BCUT2D eigenvalue weighted by atomic mass is 19.1. The molecule has 0 bridgehead atoms. The van der Waals surface area contributed by atoms with Crippen molar-refractivity contribution in [3.8, 4) is 5.69 Å². The minimum Gasteiger partial charge on any atom is -0.353 e. The van der Waals surface area contributed by atoms with Crippen molar-refractivity contribution in [1.82, 2.24) is 24.9 Å². The topological polar surface area (TPSA) is 70.5 Å². The number of carbonyl (C=O) groups excluding carboxylic acids is 2. The molecule has 0 radical (unpaired) electrons. The summed E-state index contributed by atoms with van der Waals surface area (Å²) in [6.45, 7) is 6.72. The summed E-state index contributed by atoms with van der Waals surface area (Å²) < 4.78 is 15.1. The second kappa shape index (κ2) is 8.55. The zero-order chi connectivity index (χ0) is 21.3. The van der Waals surface area contributed by atoms with Gasteiger partial charge in [-0.15, -0.1) is 0 Å². The molecule has 1 saturated heterocycles. The molecular formula is C22H28FN5O2. The molecule has 0 spiro atoms. The molecule has 1 fully saturated rings. The molecule has 4 rings (SSSR count). The van der Waals surface area contributed by atoms with Crippen LogP contribution in [-0.4, -0.2) is 70.2 Å². The van der Waals surface area contributed by atoms with E-state index >= 15 is 0 Å². The second-order valence-electron chi connectivity index (χ2n) is 8.31. The number of rotatable bonds is 5. The van der Waals surface area contributed by atoms with Crippen molar-refractivity contribution in [2.24, 2.45) is 0 Å². The van der Waals surface area contributed by atoms with Gasteiger partial charge in [0, 0.05) is 43.5 Å². The van der Waals surface area contributed by atoms with Crippen LogP contribution in [0.5, 0.6) is 0 Å². The number of nitrogens with one attached hydrogen (secondary N) is 1. The average molecular weight is 413 g/mol. The van der Waals surface area contributed by atoms with E-state index in [4.69, 9.17) is 0 Å². The Kier molecular flexibility index (Phi) is 5.85. The molecule has 8 heteroatoms. The number of piperazine rings is 1. The molecule has 1 aromatic heterocycles. The van der Waals surface area contributed by atoms with Crippen molar-refractivity contribution in [3.05, 3.63) is 47.0 Å². The van der Waals surface area contributed by atoms with E-state index in [-0.39, 0.29) is 23.7 Å². The molecular weight excluding hydrogens is 385 g/mol. The summed E-state index contributed by atoms with van der Waals surface area (Å²) in [5.74, 6) is -0.334. The van der Waals surface area contributed by atoms with Crippen LogP contribution in [0.2, 0.25) is 0 Å². The molecule has 2 aliphatic rings. The molecule has 1 aliphatic heterocycles. The van der Waals surface area contributed by atoms with Gasteiger partial charge in [0.1, 0.15) is 5.82 Å². The van der Waals surface area contributed by atoms with Gasteiger partial charge in [0.25, 0.3) is 5.91 Å². The highest BCUT2D eigenvalue weighted by molar-refractivity contribution is 5.94. The lowest BCUT2D eigenvalue weighted by molar-refractivity contribution is -0.123. The summed E-state index contributed by atoms with van der Waals surface area (Å²) in [5.41, 5.74) is 3.35. The van der Waals surface area contributed by atoms with E-state index in [9.17, 15) is 14.0 Å². The Labute approximate surface area is 175 Å². The van der Waals surface area contributed by atoms with Crippen LogP contribution in [0.25, 0.3) is 5.69 Å². The molecule has 1 aliphatic carbocycles. The van der Waals surface area contributed by atoms with Crippen LogP contribution in [0.3, 0.4) is 0 Å². The maximum Gasteiger partial charge on any atom is 0.274 e. The maximum atomic E-state index is 13.3. The second-order valence-corrected chi connectivity index (χ2v) is 8.31. The third-order valence-corrected chi connectivity index (χ3v) is 5.68. The molecule has 0 unspecified atom stereocenters. The summed E-state index contributed by atoms with van der Waals surface area (Å²) in [5, 5.41) is 7.53. The largest absolute Gasteiger partial charge is 0.353 e. The molecule has 2 amide bonds. The van der Waals surface area contributed by atoms with Gasteiger partial charge in [-0.3, -0.25) is 14.5 Å².